The van der Waals surface area contributed by atoms with E-state index >= 15 is 0 Å². The molecule has 0 amide bonds. The van der Waals surface area contributed by atoms with Gasteiger partial charge in [-0.3, -0.25) is 0 Å². The number of hydrogen-bond acceptors (Lipinski definition) is 3. The Labute approximate surface area is 120 Å². The third-order valence-corrected chi connectivity index (χ3v) is 4.77. The first kappa shape index (κ1) is 12.6. The highest BCUT2D eigenvalue weighted by atomic mass is 35.5. The van der Waals surface area contributed by atoms with E-state index in [-0.39, 0.29) is 10.9 Å². The summed E-state index contributed by atoms with van der Waals surface area (Å²) < 4.78 is 0. The summed E-state index contributed by atoms with van der Waals surface area (Å²) in [5, 5.41) is 10.7. The van der Waals surface area contributed by atoms with Gasteiger partial charge in [-0.25, -0.2) is 0 Å². The zero-order valence-corrected chi connectivity index (χ0v) is 11.5. The molecule has 1 aliphatic rings. The van der Waals surface area contributed by atoms with Crippen LogP contribution < -0.4 is 5.11 Å². The summed E-state index contributed by atoms with van der Waals surface area (Å²) in [4.78, 5) is 13.1. The zero-order valence-electron chi connectivity index (χ0n) is 9.93. The van der Waals surface area contributed by atoms with Gasteiger partial charge in [0, 0.05) is 9.79 Å². The Morgan fingerprint density at radius 1 is 1.21 bits per heavy atom. The molecule has 0 radical (unpaired) electrons. The van der Waals surface area contributed by atoms with Gasteiger partial charge in [0.05, 0.1) is 11.3 Å². The van der Waals surface area contributed by atoms with Gasteiger partial charge < -0.3 is 9.90 Å². The van der Waals surface area contributed by atoms with Crippen molar-refractivity contribution in [1.82, 2.24) is 0 Å². The molecule has 0 aromatic heterocycles. The van der Waals surface area contributed by atoms with E-state index in [4.69, 9.17) is 11.6 Å². The smallest absolute Gasteiger partial charge is 0.0715 e. The first-order valence-corrected chi connectivity index (χ1v) is 7.15. The maximum absolute atomic E-state index is 10.9. The molecule has 1 atom stereocenters. The van der Waals surface area contributed by atoms with E-state index in [1.165, 1.54) is 10.5 Å². The number of halogens is 1. The minimum atomic E-state index is -1.17. The molecule has 19 heavy (non-hydrogen) atoms. The molecule has 1 unspecified atom stereocenters. The van der Waals surface area contributed by atoms with Crippen molar-refractivity contribution in [3.63, 3.8) is 0 Å². The van der Waals surface area contributed by atoms with Crippen LogP contribution in [0.5, 0.6) is 0 Å². The lowest BCUT2D eigenvalue weighted by Gasteiger charge is -2.12. The SMILES string of the molecule is O=C([O-])c1ccc2c(c1)C(Cl)Cc1ccccc1S2. The molecule has 2 aromatic rings. The Balaban J connectivity index is 2.11. The molecule has 4 heteroatoms. The van der Waals surface area contributed by atoms with Gasteiger partial charge in [-0.05, 0) is 41.3 Å². The third kappa shape index (κ3) is 2.36. The molecule has 0 saturated carbocycles. The van der Waals surface area contributed by atoms with Crippen LogP contribution in [0, 0.1) is 0 Å². The Kier molecular flexibility index (Phi) is 3.25. The van der Waals surface area contributed by atoms with Crippen LogP contribution >= 0.6 is 23.4 Å². The number of carboxylic acid groups (broad SMARTS) is 1. The first-order valence-electron chi connectivity index (χ1n) is 5.90. The molecule has 0 N–H and O–H groups in total. The van der Waals surface area contributed by atoms with Crippen LogP contribution in [0.1, 0.15) is 26.9 Å². The van der Waals surface area contributed by atoms with Gasteiger partial charge in [0.2, 0.25) is 0 Å². The minimum Gasteiger partial charge on any atom is -0.545 e. The van der Waals surface area contributed by atoms with E-state index in [9.17, 15) is 9.90 Å². The Bertz CT molecular complexity index is 654. The molecule has 96 valence electrons. The monoisotopic (exact) mass is 289 g/mol. The van der Waals surface area contributed by atoms with Crippen LogP contribution in [-0.2, 0) is 6.42 Å². The molecule has 1 heterocycles. The number of alkyl halides is 1. The van der Waals surface area contributed by atoms with Gasteiger partial charge >= 0.3 is 0 Å². The van der Waals surface area contributed by atoms with Crippen molar-refractivity contribution < 1.29 is 9.90 Å². The number of rotatable bonds is 1. The van der Waals surface area contributed by atoms with E-state index in [0.717, 1.165) is 10.5 Å². The summed E-state index contributed by atoms with van der Waals surface area (Å²) in [6, 6.07) is 13.1. The predicted molar refractivity (Wildman–Crippen MR) is 73.6 cm³/mol. The lowest BCUT2D eigenvalue weighted by atomic mass is 10.0. The lowest BCUT2D eigenvalue weighted by molar-refractivity contribution is -0.255. The highest BCUT2D eigenvalue weighted by molar-refractivity contribution is 7.99. The van der Waals surface area contributed by atoms with Crippen molar-refractivity contribution in [3.05, 3.63) is 59.2 Å². The van der Waals surface area contributed by atoms with Gasteiger partial charge in [0.25, 0.3) is 0 Å². The molecule has 2 nitrogen and oxygen atoms in total. The summed E-state index contributed by atoms with van der Waals surface area (Å²) in [7, 11) is 0. The topological polar surface area (TPSA) is 40.1 Å². The quantitative estimate of drug-likeness (QED) is 0.758. The van der Waals surface area contributed by atoms with Crippen LogP contribution in [0.25, 0.3) is 0 Å². The second kappa shape index (κ2) is 4.91. The highest BCUT2D eigenvalue weighted by Crippen LogP contribution is 2.43. The number of benzene rings is 2. The van der Waals surface area contributed by atoms with Gasteiger partial charge in [-0.15, -0.1) is 11.6 Å². The van der Waals surface area contributed by atoms with Crippen LogP contribution in [0.4, 0.5) is 0 Å². The maximum atomic E-state index is 10.9. The maximum Gasteiger partial charge on any atom is 0.0715 e. The summed E-state index contributed by atoms with van der Waals surface area (Å²) in [6.07, 6.45) is 0.703. The molecule has 0 fully saturated rings. The van der Waals surface area contributed by atoms with Crippen LogP contribution in [0.2, 0.25) is 0 Å². The van der Waals surface area contributed by atoms with Crippen molar-refractivity contribution in [2.24, 2.45) is 0 Å². The molecule has 3 rings (SSSR count). The molecule has 2 aromatic carbocycles. The number of carbonyl (C=O) groups excluding carboxylic acids is 1. The first-order chi connectivity index (χ1) is 9.15. The minimum absolute atomic E-state index is 0.177. The summed E-state index contributed by atoms with van der Waals surface area (Å²) in [6.45, 7) is 0. The summed E-state index contributed by atoms with van der Waals surface area (Å²) in [5.41, 5.74) is 2.24. The number of aromatic carboxylic acids is 1. The van der Waals surface area contributed by atoms with E-state index in [1.54, 1.807) is 23.9 Å². The van der Waals surface area contributed by atoms with Crippen LogP contribution in [0.15, 0.2) is 52.3 Å². The number of fused-ring (bicyclic) bond motifs is 2. The normalized spacial score (nSPS) is 17.2. The highest BCUT2D eigenvalue weighted by Gasteiger charge is 2.21. The van der Waals surface area contributed by atoms with Crippen LogP contribution in [-0.4, -0.2) is 5.97 Å². The van der Waals surface area contributed by atoms with Crippen molar-refractivity contribution >= 4 is 29.3 Å². The fraction of sp³-hybridized carbons (Fsp3) is 0.133. The Hall–Kier alpha value is -1.45. The fourth-order valence-electron chi connectivity index (χ4n) is 2.21. The summed E-state index contributed by atoms with van der Waals surface area (Å²) in [5.74, 6) is -1.17. The molecule has 0 bridgehead atoms. The zero-order chi connectivity index (χ0) is 13.4. The van der Waals surface area contributed by atoms with Gasteiger partial charge in [-0.1, -0.05) is 36.0 Å². The molecule has 0 saturated heterocycles. The van der Waals surface area contributed by atoms with Crippen LogP contribution in [0.3, 0.4) is 0 Å². The molecule has 1 aliphatic heterocycles. The average molecular weight is 290 g/mol. The molecular weight excluding hydrogens is 280 g/mol. The largest absolute Gasteiger partial charge is 0.545 e. The van der Waals surface area contributed by atoms with Gasteiger partial charge in [0.1, 0.15) is 0 Å². The van der Waals surface area contributed by atoms with Crippen molar-refractivity contribution in [1.29, 1.82) is 0 Å². The Morgan fingerprint density at radius 3 is 2.79 bits per heavy atom. The number of hydrogen-bond donors (Lipinski definition) is 0. The number of carboxylic acids is 1. The number of carbonyl (C=O) groups is 1. The van der Waals surface area contributed by atoms with Crippen molar-refractivity contribution in [2.75, 3.05) is 0 Å². The average Bonchev–Trinajstić information content (AvgIpc) is 2.54. The molecule has 0 aliphatic carbocycles. The lowest BCUT2D eigenvalue weighted by Crippen LogP contribution is -2.22. The Morgan fingerprint density at radius 2 is 2.00 bits per heavy atom. The predicted octanol–water partition coefficient (Wildman–Crippen LogP) is 3.04. The fourth-order valence-corrected chi connectivity index (χ4v) is 3.74. The second-order valence-electron chi connectivity index (χ2n) is 4.42. The van der Waals surface area contributed by atoms with E-state index < -0.39 is 5.97 Å². The molecule has 0 spiro atoms. The third-order valence-electron chi connectivity index (χ3n) is 3.17. The van der Waals surface area contributed by atoms with Crippen molar-refractivity contribution in [3.8, 4) is 0 Å². The standard InChI is InChI=1S/C15H11ClO2S/c16-12-8-9-3-1-2-4-13(9)19-14-6-5-10(15(17)18)7-11(12)14/h1-7,12H,8H2,(H,17,18)/p-1. The van der Waals surface area contributed by atoms with Crippen molar-refractivity contribution in [2.45, 2.75) is 21.6 Å². The second-order valence-corrected chi connectivity index (χ2v) is 6.03. The van der Waals surface area contributed by atoms with Gasteiger partial charge in [-0.2, -0.15) is 0 Å². The van der Waals surface area contributed by atoms with Gasteiger partial charge in [0.15, 0.2) is 0 Å². The summed E-state index contributed by atoms with van der Waals surface area (Å²) >= 11 is 8.06. The van der Waals surface area contributed by atoms with E-state index in [0.29, 0.717) is 6.42 Å². The van der Waals surface area contributed by atoms with E-state index in [2.05, 4.69) is 12.1 Å². The van der Waals surface area contributed by atoms with E-state index in [1.807, 2.05) is 18.2 Å². The molecular formula is C15H10ClO2S-.